The van der Waals surface area contributed by atoms with Crippen LogP contribution in [0.3, 0.4) is 0 Å². The summed E-state index contributed by atoms with van der Waals surface area (Å²) in [5, 5.41) is 1.29. The molecular weight excluding hydrogens is 244 g/mol. The lowest BCUT2D eigenvalue weighted by molar-refractivity contribution is 1.46. The highest BCUT2D eigenvalue weighted by molar-refractivity contribution is 5.79. The zero-order valence-electron chi connectivity index (χ0n) is 12.2. The molecule has 0 aliphatic carbocycles. The third-order valence-electron chi connectivity index (χ3n) is 2.79. The first kappa shape index (κ1) is 15.6. The van der Waals surface area contributed by atoms with Crippen LogP contribution >= 0.6 is 0 Å². The van der Waals surface area contributed by atoms with E-state index in [-0.39, 0.29) is 0 Å². The number of aromatic nitrogens is 1. The van der Waals surface area contributed by atoms with Crippen molar-refractivity contribution in [2.24, 2.45) is 0 Å². The van der Waals surface area contributed by atoms with Crippen LogP contribution < -0.4 is 5.73 Å². The summed E-state index contributed by atoms with van der Waals surface area (Å²) in [5.74, 6) is 0. The Morgan fingerprint density at radius 2 is 1.45 bits per heavy atom. The first-order valence-electron chi connectivity index (χ1n) is 6.51. The minimum Gasteiger partial charge on any atom is -0.399 e. The fraction of sp³-hybridized carbons (Fsp3) is 0.111. The molecule has 0 aliphatic heterocycles. The summed E-state index contributed by atoms with van der Waals surface area (Å²) in [4.78, 5) is 3.15. The topological polar surface area (TPSA) is 41.8 Å². The number of nitrogens with two attached hydrogens (primary N) is 1. The molecule has 1 aromatic heterocycles. The van der Waals surface area contributed by atoms with E-state index in [9.17, 15) is 0 Å². The van der Waals surface area contributed by atoms with Crippen molar-refractivity contribution >= 4 is 16.6 Å². The molecule has 0 atom stereocenters. The summed E-state index contributed by atoms with van der Waals surface area (Å²) in [5.41, 5.74) is 10.0. The molecule has 0 spiro atoms. The number of fused-ring (bicyclic) bond motifs is 1. The molecule has 20 heavy (non-hydrogen) atoms. The number of nitrogen functional groups attached to an aromatic ring is 1. The van der Waals surface area contributed by atoms with Gasteiger partial charge in [-0.2, -0.15) is 0 Å². The third kappa shape index (κ3) is 4.65. The standard InChI is InChI=1S/C9H9N.C7H9N.C2H4/c1-7-2-3-9-8(6-7)4-5-10-9;1-6-2-4-7(8)5-3-6;1-2/h2-6,10H,1H3;2-5H,8H2,1H3;1-2H2. The maximum Gasteiger partial charge on any atom is 0.0454 e. The Morgan fingerprint density at radius 3 is 2.05 bits per heavy atom. The van der Waals surface area contributed by atoms with Gasteiger partial charge in [-0.3, -0.25) is 0 Å². The lowest BCUT2D eigenvalue weighted by atomic mass is 10.2. The molecule has 2 aromatic carbocycles. The van der Waals surface area contributed by atoms with Crippen molar-refractivity contribution in [3.8, 4) is 0 Å². The van der Waals surface area contributed by atoms with Gasteiger partial charge in [0.15, 0.2) is 0 Å². The molecule has 0 amide bonds. The predicted octanol–water partition coefficient (Wildman–Crippen LogP) is 4.86. The van der Waals surface area contributed by atoms with Gasteiger partial charge in [-0.15, -0.1) is 13.2 Å². The Labute approximate surface area is 121 Å². The van der Waals surface area contributed by atoms with E-state index >= 15 is 0 Å². The smallest absolute Gasteiger partial charge is 0.0454 e. The number of hydrogen-bond acceptors (Lipinski definition) is 1. The molecule has 3 N–H and O–H groups in total. The lowest BCUT2D eigenvalue weighted by Crippen LogP contribution is -1.81. The molecule has 0 radical (unpaired) electrons. The molecule has 104 valence electrons. The summed E-state index contributed by atoms with van der Waals surface area (Å²) >= 11 is 0. The van der Waals surface area contributed by atoms with Gasteiger partial charge in [0, 0.05) is 17.4 Å². The first-order chi connectivity index (χ1) is 9.65. The van der Waals surface area contributed by atoms with E-state index in [2.05, 4.69) is 49.3 Å². The lowest BCUT2D eigenvalue weighted by Gasteiger charge is -1.90. The van der Waals surface area contributed by atoms with Crippen molar-refractivity contribution in [1.82, 2.24) is 4.98 Å². The maximum atomic E-state index is 5.43. The highest BCUT2D eigenvalue weighted by Crippen LogP contribution is 2.12. The van der Waals surface area contributed by atoms with Crippen molar-refractivity contribution < 1.29 is 0 Å². The van der Waals surface area contributed by atoms with Gasteiger partial charge in [-0.1, -0.05) is 29.3 Å². The molecular formula is C18H22N2. The minimum absolute atomic E-state index is 0.829. The van der Waals surface area contributed by atoms with Crippen LogP contribution in [-0.4, -0.2) is 4.98 Å². The number of nitrogens with one attached hydrogen (secondary N) is 1. The number of rotatable bonds is 0. The average Bonchev–Trinajstić information content (AvgIpc) is 2.92. The second-order valence-corrected chi connectivity index (χ2v) is 4.48. The number of anilines is 1. The van der Waals surface area contributed by atoms with Crippen molar-refractivity contribution in [2.75, 3.05) is 5.73 Å². The van der Waals surface area contributed by atoms with Gasteiger partial charge < -0.3 is 10.7 Å². The number of benzene rings is 2. The van der Waals surface area contributed by atoms with Gasteiger partial charge in [-0.05, 0) is 49.6 Å². The van der Waals surface area contributed by atoms with Crippen LogP contribution in [0.1, 0.15) is 11.1 Å². The Hall–Kier alpha value is -2.48. The molecule has 0 saturated carbocycles. The van der Waals surface area contributed by atoms with Crippen LogP contribution in [0.15, 0.2) is 67.9 Å². The molecule has 2 nitrogen and oxygen atoms in total. The SMILES string of the molecule is C=C.Cc1ccc(N)cc1.Cc1ccc2[nH]ccc2c1. The first-order valence-corrected chi connectivity index (χ1v) is 6.51. The van der Waals surface area contributed by atoms with Crippen molar-refractivity contribution in [3.63, 3.8) is 0 Å². The largest absolute Gasteiger partial charge is 0.399 e. The quantitative estimate of drug-likeness (QED) is 0.443. The molecule has 0 bridgehead atoms. The van der Waals surface area contributed by atoms with Crippen molar-refractivity contribution in [3.05, 3.63) is 79.0 Å². The normalized spacial score (nSPS) is 9.10. The van der Waals surface area contributed by atoms with Crippen LogP contribution in [-0.2, 0) is 0 Å². The minimum atomic E-state index is 0.829. The molecule has 0 aliphatic rings. The van der Waals surface area contributed by atoms with Crippen LogP contribution in [0.2, 0.25) is 0 Å². The second kappa shape index (κ2) is 7.85. The summed E-state index contributed by atoms with van der Waals surface area (Å²) in [6.45, 7) is 10.1. The maximum absolute atomic E-state index is 5.43. The number of aryl methyl sites for hydroxylation is 2. The van der Waals surface area contributed by atoms with Crippen LogP contribution in [0.5, 0.6) is 0 Å². The molecule has 1 heterocycles. The highest BCUT2D eigenvalue weighted by Gasteiger charge is 1.91. The van der Waals surface area contributed by atoms with Crippen LogP contribution in [0.25, 0.3) is 10.9 Å². The molecule has 2 heteroatoms. The highest BCUT2D eigenvalue weighted by atomic mass is 14.7. The fourth-order valence-electron chi connectivity index (χ4n) is 1.74. The van der Waals surface area contributed by atoms with Crippen molar-refractivity contribution in [2.45, 2.75) is 13.8 Å². The zero-order chi connectivity index (χ0) is 15.0. The Bertz CT molecular complexity index is 615. The Balaban J connectivity index is 0.000000182. The molecule has 0 saturated heterocycles. The van der Waals surface area contributed by atoms with Gasteiger partial charge in [0.2, 0.25) is 0 Å². The van der Waals surface area contributed by atoms with Gasteiger partial charge >= 0.3 is 0 Å². The van der Waals surface area contributed by atoms with E-state index in [1.54, 1.807) is 0 Å². The van der Waals surface area contributed by atoms with E-state index < -0.39 is 0 Å². The van der Waals surface area contributed by atoms with E-state index in [0.29, 0.717) is 0 Å². The van der Waals surface area contributed by atoms with E-state index in [1.807, 2.05) is 37.4 Å². The van der Waals surface area contributed by atoms with Crippen molar-refractivity contribution in [1.29, 1.82) is 0 Å². The van der Waals surface area contributed by atoms with Gasteiger partial charge in [-0.25, -0.2) is 0 Å². The number of hydrogen-bond donors (Lipinski definition) is 2. The van der Waals surface area contributed by atoms with Crippen LogP contribution in [0.4, 0.5) is 5.69 Å². The van der Waals surface area contributed by atoms with E-state index in [0.717, 1.165) is 5.69 Å². The Morgan fingerprint density at radius 1 is 0.850 bits per heavy atom. The summed E-state index contributed by atoms with van der Waals surface area (Å²) < 4.78 is 0. The predicted molar refractivity (Wildman–Crippen MR) is 89.9 cm³/mol. The molecule has 0 unspecified atom stereocenters. The molecule has 0 fully saturated rings. The molecule has 3 aromatic rings. The van der Waals surface area contributed by atoms with Crippen LogP contribution in [0, 0.1) is 13.8 Å². The fourth-order valence-corrected chi connectivity index (χ4v) is 1.74. The second-order valence-electron chi connectivity index (χ2n) is 4.48. The summed E-state index contributed by atoms with van der Waals surface area (Å²) in [6.07, 6.45) is 1.96. The van der Waals surface area contributed by atoms with Gasteiger partial charge in [0.25, 0.3) is 0 Å². The third-order valence-corrected chi connectivity index (χ3v) is 2.79. The molecule has 3 rings (SSSR count). The number of aromatic amines is 1. The monoisotopic (exact) mass is 266 g/mol. The summed E-state index contributed by atoms with van der Waals surface area (Å²) in [6, 6.07) is 16.3. The van der Waals surface area contributed by atoms with Gasteiger partial charge in [0.05, 0.1) is 0 Å². The average molecular weight is 266 g/mol. The zero-order valence-corrected chi connectivity index (χ0v) is 12.2. The Kier molecular flexibility index (Phi) is 6.11. The van der Waals surface area contributed by atoms with E-state index in [1.165, 1.54) is 22.0 Å². The number of H-pyrrole nitrogens is 1. The van der Waals surface area contributed by atoms with E-state index in [4.69, 9.17) is 5.73 Å². The summed E-state index contributed by atoms with van der Waals surface area (Å²) in [7, 11) is 0. The van der Waals surface area contributed by atoms with Gasteiger partial charge in [0.1, 0.15) is 0 Å².